The van der Waals surface area contributed by atoms with Gasteiger partial charge in [-0.25, -0.2) is 0 Å². The van der Waals surface area contributed by atoms with Gasteiger partial charge in [0.05, 0.1) is 6.42 Å². The van der Waals surface area contributed by atoms with E-state index in [2.05, 4.69) is 29.2 Å². The molecule has 2 aromatic rings. The van der Waals surface area contributed by atoms with Crippen LogP contribution >= 0.6 is 0 Å². The summed E-state index contributed by atoms with van der Waals surface area (Å²) in [6, 6.07) is 17.5. The molecule has 1 saturated heterocycles. The van der Waals surface area contributed by atoms with Crippen LogP contribution in [0.15, 0.2) is 54.6 Å². The minimum atomic E-state index is 0.104. The normalized spacial score (nSPS) is 17.6. The van der Waals surface area contributed by atoms with Crippen LogP contribution in [0.4, 0.5) is 0 Å². The second-order valence-corrected chi connectivity index (χ2v) is 7.00. The lowest BCUT2D eigenvalue weighted by Crippen LogP contribution is -2.34. The summed E-state index contributed by atoms with van der Waals surface area (Å²) in [6.45, 7) is 3.91. The number of amides is 1. The van der Waals surface area contributed by atoms with Crippen LogP contribution in [0.2, 0.25) is 0 Å². The summed E-state index contributed by atoms with van der Waals surface area (Å²) in [6.07, 6.45) is 1.47. The van der Waals surface area contributed by atoms with E-state index in [9.17, 15) is 9.90 Å². The Morgan fingerprint density at radius 3 is 2.68 bits per heavy atom. The van der Waals surface area contributed by atoms with Gasteiger partial charge >= 0.3 is 0 Å². The molecule has 0 aromatic heterocycles. The van der Waals surface area contributed by atoms with E-state index in [1.54, 1.807) is 18.2 Å². The highest BCUT2D eigenvalue weighted by molar-refractivity contribution is 5.78. The van der Waals surface area contributed by atoms with Gasteiger partial charge in [-0.3, -0.25) is 9.69 Å². The standard InChI is InChI=1S/C21H26N2O2/c1-22(21(25)13-18-8-5-9-20(24)12-18)14-19-10-11-23(16-19)15-17-6-3-2-4-7-17/h2-9,12,19,24H,10-11,13-16H2,1H3. The van der Waals surface area contributed by atoms with Crippen molar-refractivity contribution in [2.75, 3.05) is 26.7 Å². The molecule has 1 N–H and O–H groups in total. The highest BCUT2D eigenvalue weighted by Crippen LogP contribution is 2.20. The van der Waals surface area contributed by atoms with E-state index < -0.39 is 0 Å². The number of nitrogens with zero attached hydrogens (tertiary/aromatic N) is 2. The van der Waals surface area contributed by atoms with Crippen molar-refractivity contribution in [3.05, 3.63) is 65.7 Å². The topological polar surface area (TPSA) is 43.8 Å². The first-order valence-electron chi connectivity index (χ1n) is 8.88. The third kappa shape index (κ3) is 5.07. The van der Waals surface area contributed by atoms with Gasteiger partial charge in [-0.2, -0.15) is 0 Å². The molecular weight excluding hydrogens is 312 g/mol. The van der Waals surface area contributed by atoms with E-state index in [1.807, 2.05) is 24.1 Å². The van der Waals surface area contributed by atoms with Crippen LogP contribution in [0.3, 0.4) is 0 Å². The third-order valence-electron chi connectivity index (χ3n) is 4.84. The molecule has 132 valence electrons. The number of hydrogen-bond acceptors (Lipinski definition) is 3. The second kappa shape index (κ2) is 8.17. The Kier molecular flexibility index (Phi) is 5.71. The van der Waals surface area contributed by atoms with Crippen LogP contribution in [-0.4, -0.2) is 47.5 Å². The van der Waals surface area contributed by atoms with Crippen molar-refractivity contribution in [1.82, 2.24) is 9.80 Å². The number of likely N-dealkylation sites (tertiary alicyclic amines) is 1. The fourth-order valence-electron chi connectivity index (χ4n) is 3.51. The first kappa shape index (κ1) is 17.5. The fourth-order valence-corrected chi connectivity index (χ4v) is 3.51. The van der Waals surface area contributed by atoms with Crippen LogP contribution in [0.1, 0.15) is 17.5 Å². The lowest BCUT2D eigenvalue weighted by molar-refractivity contribution is -0.129. The lowest BCUT2D eigenvalue weighted by atomic mass is 10.1. The van der Waals surface area contributed by atoms with E-state index in [1.165, 1.54) is 5.56 Å². The molecule has 1 heterocycles. The molecule has 2 aromatic carbocycles. The summed E-state index contributed by atoms with van der Waals surface area (Å²) < 4.78 is 0. The summed E-state index contributed by atoms with van der Waals surface area (Å²) in [7, 11) is 1.88. The average molecular weight is 338 g/mol. The van der Waals surface area contributed by atoms with Gasteiger partial charge in [0.1, 0.15) is 5.75 Å². The van der Waals surface area contributed by atoms with Crippen molar-refractivity contribution in [1.29, 1.82) is 0 Å². The van der Waals surface area contributed by atoms with Gasteiger partial charge in [-0.15, -0.1) is 0 Å². The summed E-state index contributed by atoms with van der Waals surface area (Å²) >= 11 is 0. The molecule has 1 atom stereocenters. The second-order valence-electron chi connectivity index (χ2n) is 7.00. The Labute approximate surface area is 149 Å². The maximum absolute atomic E-state index is 12.4. The molecule has 0 aliphatic carbocycles. The smallest absolute Gasteiger partial charge is 0.226 e. The molecule has 4 nitrogen and oxygen atoms in total. The molecule has 1 aliphatic rings. The maximum atomic E-state index is 12.4. The molecule has 0 spiro atoms. The number of benzene rings is 2. The zero-order valence-corrected chi connectivity index (χ0v) is 14.8. The van der Waals surface area contributed by atoms with Crippen LogP contribution in [0, 0.1) is 5.92 Å². The number of aromatic hydroxyl groups is 1. The number of rotatable bonds is 6. The fraction of sp³-hybridized carbons (Fsp3) is 0.381. The van der Waals surface area contributed by atoms with Crippen molar-refractivity contribution < 1.29 is 9.90 Å². The number of carbonyl (C=O) groups excluding carboxylic acids is 1. The van der Waals surface area contributed by atoms with Crippen molar-refractivity contribution in [2.45, 2.75) is 19.4 Å². The highest BCUT2D eigenvalue weighted by Gasteiger charge is 2.24. The van der Waals surface area contributed by atoms with Gasteiger partial charge in [0.2, 0.25) is 5.91 Å². The first-order chi connectivity index (χ1) is 12.1. The van der Waals surface area contributed by atoms with Gasteiger partial charge in [0, 0.05) is 26.7 Å². The minimum Gasteiger partial charge on any atom is -0.508 e. The predicted molar refractivity (Wildman–Crippen MR) is 99.3 cm³/mol. The summed E-state index contributed by atoms with van der Waals surface area (Å²) in [5.41, 5.74) is 2.20. The molecule has 1 aliphatic heterocycles. The van der Waals surface area contributed by atoms with Crippen LogP contribution in [0.5, 0.6) is 5.75 Å². The SMILES string of the molecule is CN(CC1CCN(Cc2ccccc2)C1)C(=O)Cc1cccc(O)c1. The number of hydrogen-bond donors (Lipinski definition) is 1. The molecule has 0 radical (unpaired) electrons. The van der Waals surface area contributed by atoms with Gasteiger partial charge in [-0.1, -0.05) is 42.5 Å². The molecule has 1 fully saturated rings. The van der Waals surface area contributed by atoms with Gasteiger partial charge < -0.3 is 10.0 Å². The number of phenolic OH excluding ortho intramolecular Hbond substituents is 1. The van der Waals surface area contributed by atoms with E-state index in [0.717, 1.165) is 38.2 Å². The first-order valence-corrected chi connectivity index (χ1v) is 8.88. The summed E-state index contributed by atoms with van der Waals surface area (Å²) in [5, 5.41) is 9.51. The number of carbonyl (C=O) groups is 1. The minimum absolute atomic E-state index is 0.104. The van der Waals surface area contributed by atoms with E-state index in [4.69, 9.17) is 0 Å². The van der Waals surface area contributed by atoms with Gasteiger partial charge in [0.15, 0.2) is 0 Å². The van der Waals surface area contributed by atoms with Crippen LogP contribution in [0.25, 0.3) is 0 Å². The molecule has 1 unspecified atom stereocenters. The average Bonchev–Trinajstić information content (AvgIpc) is 3.02. The van der Waals surface area contributed by atoms with E-state index in [-0.39, 0.29) is 11.7 Å². The zero-order valence-electron chi connectivity index (χ0n) is 14.8. The van der Waals surface area contributed by atoms with Gasteiger partial charge in [0.25, 0.3) is 0 Å². The molecule has 4 heteroatoms. The molecule has 25 heavy (non-hydrogen) atoms. The van der Waals surface area contributed by atoms with Crippen LogP contribution in [-0.2, 0) is 17.8 Å². The van der Waals surface area contributed by atoms with Crippen LogP contribution < -0.4 is 0 Å². The number of likely N-dealkylation sites (N-methyl/N-ethyl adjacent to an activating group) is 1. The van der Waals surface area contributed by atoms with E-state index in [0.29, 0.717) is 12.3 Å². The third-order valence-corrected chi connectivity index (χ3v) is 4.84. The molecule has 0 saturated carbocycles. The summed E-state index contributed by atoms with van der Waals surface area (Å²) in [4.78, 5) is 16.7. The Morgan fingerprint density at radius 2 is 1.92 bits per heavy atom. The largest absolute Gasteiger partial charge is 0.508 e. The Morgan fingerprint density at radius 1 is 1.16 bits per heavy atom. The Balaban J connectivity index is 1.46. The van der Waals surface area contributed by atoms with Crippen molar-refractivity contribution >= 4 is 5.91 Å². The van der Waals surface area contributed by atoms with E-state index >= 15 is 0 Å². The summed E-state index contributed by atoms with van der Waals surface area (Å²) in [5.74, 6) is 0.842. The molecular formula is C21H26N2O2. The predicted octanol–water partition coefficient (Wildman–Crippen LogP) is 2.92. The number of phenols is 1. The monoisotopic (exact) mass is 338 g/mol. The zero-order chi connectivity index (χ0) is 17.6. The van der Waals surface area contributed by atoms with Gasteiger partial charge in [-0.05, 0) is 42.1 Å². The van der Waals surface area contributed by atoms with Crippen molar-refractivity contribution in [3.8, 4) is 5.75 Å². The molecule has 3 rings (SSSR count). The maximum Gasteiger partial charge on any atom is 0.226 e. The van der Waals surface area contributed by atoms with Crippen molar-refractivity contribution in [3.63, 3.8) is 0 Å². The quantitative estimate of drug-likeness (QED) is 0.881. The Bertz CT molecular complexity index is 702. The van der Waals surface area contributed by atoms with Crippen molar-refractivity contribution in [2.24, 2.45) is 5.92 Å². The molecule has 0 bridgehead atoms. The highest BCUT2D eigenvalue weighted by atomic mass is 16.3. The Hall–Kier alpha value is -2.33. The lowest BCUT2D eigenvalue weighted by Gasteiger charge is -2.22. The molecule has 1 amide bonds.